The lowest BCUT2D eigenvalue weighted by molar-refractivity contribution is -0.120. The topological polar surface area (TPSA) is 47.3 Å². The van der Waals surface area contributed by atoms with Gasteiger partial charge in [-0.15, -0.1) is 0 Å². The lowest BCUT2D eigenvalue weighted by Gasteiger charge is -2.17. The first-order valence-corrected chi connectivity index (χ1v) is 8.33. The van der Waals surface area contributed by atoms with E-state index in [1.165, 1.54) is 5.56 Å². The van der Waals surface area contributed by atoms with Gasteiger partial charge in [0.2, 0.25) is 0 Å². The number of benzene rings is 1. The summed E-state index contributed by atoms with van der Waals surface area (Å²) in [4.78, 5) is 24.1. The third-order valence-electron chi connectivity index (χ3n) is 4.65. The van der Waals surface area contributed by atoms with Crippen molar-refractivity contribution in [3.8, 4) is 0 Å². The number of furan rings is 1. The Morgan fingerprint density at radius 3 is 2.78 bits per heavy atom. The molecule has 0 aliphatic heterocycles. The zero-order valence-corrected chi connectivity index (χ0v) is 13.7. The summed E-state index contributed by atoms with van der Waals surface area (Å²) in [5, 5.41) is 1.06. The van der Waals surface area contributed by atoms with E-state index in [0.717, 1.165) is 34.9 Å². The van der Waals surface area contributed by atoms with Gasteiger partial charge in [0.05, 0.1) is 6.26 Å². The number of hydrogen-bond donors (Lipinski definition) is 0. The van der Waals surface area contributed by atoms with E-state index in [1.807, 2.05) is 13.0 Å². The lowest BCUT2D eigenvalue weighted by atomic mass is 9.86. The van der Waals surface area contributed by atoms with Crippen LogP contribution in [0.4, 0.5) is 0 Å². The lowest BCUT2D eigenvalue weighted by Crippen LogP contribution is -2.14. The molecule has 23 heavy (non-hydrogen) atoms. The average molecular weight is 310 g/mol. The van der Waals surface area contributed by atoms with Gasteiger partial charge in [-0.1, -0.05) is 25.1 Å². The highest BCUT2D eigenvalue weighted by molar-refractivity contribution is 6.00. The highest BCUT2D eigenvalue weighted by Gasteiger charge is 2.28. The molecule has 0 spiro atoms. The van der Waals surface area contributed by atoms with E-state index in [9.17, 15) is 9.59 Å². The maximum atomic E-state index is 12.2. The fraction of sp³-hybridized carbons (Fsp3) is 0.400. The van der Waals surface area contributed by atoms with Crippen molar-refractivity contribution < 1.29 is 14.0 Å². The van der Waals surface area contributed by atoms with E-state index >= 15 is 0 Å². The predicted molar refractivity (Wildman–Crippen MR) is 91.2 cm³/mol. The zero-order valence-electron chi connectivity index (χ0n) is 13.7. The van der Waals surface area contributed by atoms with Gasteiger partial charge in [0.1, 0.15) is 17.1 Å². The van der Waals surface area contributed by atoms with Crippen LogP contribution in [0.2, 0.25) is 0 Å². The minimum absolute atomic E-state index is 0.122. The Kier molecular flexibility index (Phi) is 4.46. The molecule has 1 aliphatic rings. The van der Waals surface area contributed by atoms with Gasteiger partial charge in [0.15, 0.2) is 0 Å². The Balaban J connectivity index is 1.90. The second kappa shape index (κ2) is 6.53. The Labute approximate surface area is 136 Å². The van der Waals surface area contributed by atoms with Gasteiger partial charge in [-0.05, 0) is 43.4 Å². The van der Waals surface area contributed by atoms with Gasteiger partial charge >= 0.3 is 0 Å². The van der Waals surface area contributed by atoms with Crippen LogP contribution in [0.1, 0.15) is 50.7 Å². The second-order valence-electron chi connectivity index (χ2n) is 6.29. The van der Waals surface area contributed by atoms with Gasteiger partial charge in [0.25, 0.3) is 0 Å². The monoisotopic (exact) mass is 310 g/mol. The molecule has 120 valence electrons. The molecule has 1 aromatic carbocycles. The molecular weight excluding hydrogens is 288 g/mol. The zero-order chi connectivity index (χ0) is 16.4. The number of ketones is 2. The SMILES string of the molecule is CCCC(=O)CCC(C(C)=O)C1=CCc2ccc3ccoc3c21. The summed E-state index contributed by atoms with van der Waals surface area (Å²) in [5.74, 6) is 0.151. The molecule has 0 N–H and O–H groups in total. The van der Waals surface area contributed by atoms with E-state index in [2.05, 4.69) is 18.2 Å². The average Bonchev–Trinajstić information content (AvgIpc) is 3.13. The summed E-state index contributed by atoms with van der Waals surface area (Å²) < 4.78 is 5.67. The van der Waals surface area contributed by atoms with Gasteiger partial charge in [-0.3, -0.25) is 9.59 Å². The smallest absolute Gasteiger partial charge is 0.141 e. The molecule has 3 nitrogen and oxygen atoms in total. The van der Waals surface area contributed by atoms with Gasteiger partial charge in [-0.2, -0.15) is 0 Å². The van der Waals surface area contributed by atoms with E-state index in [-0.39, 0.29) is 17.5 Å². The number of carbonyl (C=O) groups excluding carboxylic acids is 2. The fourth-order valence-electron chi connectivity index (χ4n) is 3.49. The molecule has 0 fully saturated rings. The molecule has 0 bridgehead atoms. The van der Waals surface area contributed by atoms with Crippen LogP contribution in [0.15, 0.2) is 35.0 Å². The molecule has 0 saturated carbocycles. The maximum Gasteiger partial charge on any atom is 0.141 e. The van der Waals surface area contributed by atoms with Crippen molar-refractivity contribution in [2.24, 2.45) is 5.92 Å². The summed E-state index contributed by atoms with van der Waals surface area (Å²) in [6.07, 6.45) is 7.17. The quantitative estimate of drug-likeness (QED) is 0.743. The highest BCUT2D eigenvalue weighted by Crippen LogP contribution is 2.40. The standard InChI is InChI=1S/C20H22O3/c1-3-4-16(22)8-10-17(13(2)21)18-9-7-14-5-6-15-11-12-23-20(15)19(14)18/h5-6,9,11-12,17H,3-4,7-8,10H2,1-2H3. The number of fused-ring (bicyclic) bond motifs is 3. The van der Waals surface area contributed by atoms with Crippen LogP contribution in [0.25, 0.3) is 16.5 Å². The first kappa shape index (κ1) is 15.7. The minimum atomic E-state index is -0.215. The van der Waals surface area contributed by atoms with Crippen LogP contribution in [0.3, 0.4) is 0 Å². The maximum absolute atomic E-state index is 12.2. The Morgan fingerprint density at radius 2 is 2.04 bits per heavy atom. The molecular formula is C20H22O3. The number of hydrogen-bond acceptors (Lipinski definition) is 3. The molecule has 1 aromatic heterocycles. The highest BCUT2D eigenvalue weighted by atomic mass is 16.3. The van der Waals surface area contributed by atoms with Crippen molar-refractivity contribution in [3.05, 3.63) is 41.7 Å². The number of Topliss-reactive ketones (excluding diaryl/α,β-unsaturated/α-hetero) is 2. The van der Waals surface area contributed by atoms with E-state index in [4.69, 9.17) is 4.42 Å². The normalized spacial score (nSPS) is 14.6. The van der Waals surface area contributed by atoms with Crippen molar-refractivity contribution in [1.82, 2.24) is 0 Å². The van der Waals surface area contributed by atoms with Crippen LogP contribution in [-0.2, 0) is 16.0 Å². The van der Waals surface area contributed by atoms with Gasteiger partial charge in [0, 0.05) is 29.7 Å². The molecule has 1 atom stereocenters. The molecule has 0 radical (unpaired) electrons. The van der Waals surface area contributed by atoms with Crippen molar-refractivity contribution in [2.45, 2.75) is 46.0 Å². The predicted octanol–water partition coefficient (Wildman–Crippen LogP) is 4.73. The minimum Gasteiger partial charge on any atom is -0.464 e. The van der Waals surface area contributed by atoms with Crippen molar-refractivity contribution in [1.29, 1.82) is 0 Å². The molecule has 2 aromatic rings. The molecule has 1 aliphatic carbocycles. The van der Waals surface area contributed by atoms with Crippen molar-refractivity contribution in [3.63, 3.8) is 0 Å². The third-order valence-corrected chi connectivity index (χ3v) is 4.65. The van der Waals surface area contributed by atoms with E-state index < -0.39 is 0 Å². The molecule has 0 amide bonds. The number of carbonyl (C=O) groups is 2. The van der Waals surface area contributed by atoms with E-state index in [1.54, 1.807) is 13.2 Å². The van der Waals surface area contributed by atoms with Crippen molar-refractivity contribution >= 4 is 28.1 Å². The summed E-state index contributed by atoms with van der Waals surface area (Å²) in [6, 6.07) is 6.11. The van der Waals surface area contributed by atoms with Crippen LogP contribution in [0, 0.1) is 5.92 Å². The largest absolute Gasteiger partial charge is 0.464 e. The second-order valence-corrected chi connectivity index (χ2v) is 6.29. The summed E-state index contributed by atoms with van der Waals surface area (Å²) in [6.45, 7) is 3.62. The molecule has 3 heteroatoms. The number of allylic oxidation sites excluding steroid dienone is 2. The molecule has 0 saturated heterocycles. The summed E-state index contributed by atoms with van der Waals surface area (Å²) in [7, 11) is 0. The first-order chi connectivity index (χ1) is 11.1. The van der Waals surface area contributed by atoms with Crippen LogP contribution < -0.4 is 0 Å². The van der Waals surface area contributed by atoms with Crippen LogP contribution in [0.5, 0.6) is 0 Å². The van der Waals surface area contributed by atoms with Crippen LogP contribution in [-0.4, -0.2) is 11.6 Å². The number of rotatable bonds is 7. The van der Waals surface area contributed by atoms with Crippen molar-refractivity contribution in [2.75, 3.05) is 0 Å². The molecule has 1 unspecified atom stereocenters. The Bertz CT molecular complexity index is 779. The fourth-order valence-corrected chi connectivity index (χ4v) is 3.49. The molecule has 3 rings (SSSR count). The van der Waals surface area contributed by atoms with Gasteiger partial charge in [-0.25, -0.2) is 0 Å². The summed E-state index contributed by atoms with van der Waals surface area (Å²) >= 11 is 0. The van der Waals surface area contributed by atoms with Gasteiger partial charge < -0.3 is 4.42 Å². The molecule has 1 heterocycles. The third kappa shape index (κ3) is 3.00. The summed E-state index contributed by atoms with van der Waals surface area (Å²) in [5.41, 5.74) is 4.17. The van der Waals surface area contributed by atoms with Crippen LogP contribution >= 0.6 is 0 Å². The Morgan fingerprint density at radius 1 is 1.22 bits per heavy atom. The Hall–Kier alpha value is -2.16. The first-order valence-electron chi connectivity index (χ1n) is 8.33. The van der Waals surface area contributed by atoms with E-state index in [0.29, 0.717) is 19.3 Å².